The summed E-state index contributed by atoms with van der Waals surface area (Å²) in [6, 6.07) is 2.07. The van der Waals surface area contributed by atoms with E-state index < -0.39 is 0 Å². The summed E-state index contributed by atoms with van der Waals surface area (Å²) >= 11 is 1.76. The van der Waals surface area contributed by atoms with Gasteiger partial charge in [0.25, 0.3) is 0 Å². The Morgan fingerprint density at radius 2 is 1.86 bits per heavy atom. The molecule has 3 heteroatoms. The minimum absolute atomic E-state index is 0. The van der Waals surface area contributed by atoms with Gasteiger partial charge in [0.15, 0.2) is 0 Å². The molecule has 0 fully saturated rings. The summed E-state index contributed by atoms with van der Waals surface area (Å²) in [6.45, 7) is 5.43. The minimum atomic E-state index is 0. The molecule has 1 aromatic heterocycles. The summed E-state index contributed by atoms with van der Waals surface area (Å²) in [6.07, 6.45) is 0. The van der Waals surface area contributed by atoms with E-state index in [9.17, 15) is 0 Å². The van der Waals surface area contributed by atoms with Crippen molar-refractivity contribution < 1.29 is 9.47 Å². The van der Waals surface area contributed by atoms with Crippen molar-refractivity contribution in [1.82, 2.24) is 0 Å². The molecule has 0 saturated carbocycles. The van der Waals surface area contributed by atoms with Crippen LogP contribution >= 0.6 is 11.3 Å². The summed E-state index contributed by atoms with van der Waals surface area (Å²) in [5.41, 5.74) is 0. The highest BCUT2D eigenvalue weighted by Crippen LogP contribution is 2.27. The lowest BCUT2D eigenvalue weighted by Crippen LogP contribution is -2.03. The van der Waals surface area contributed by atoms with E-state index in [4.69, 9.17) is 9.47 Å². The minimum Gasteiger partial charge on any atom is -0.490 e. The van der Waals surface area contributed by atoms with Gasteiger partial charge < -0.3 is 9.47 Å². The van der Waals surface area contributed by atoms with E-state index in [1.165, 1.54) is 9.75 Å². The Bertz CT molecular complexity index is 243. The first kappa shape index (κ1) is 15.9. The third kappa shape index (κ3) is 4.63. The van der Waals surface area contributed by atoms with Gasteiger partial charge in [0.2, 0.25) is 0 Å². The van der Waals surface area contributed by atoms with Gasteiger partial charge in [-0.05, 0) is 19.9 Å². The molecule has 84 valence electrons. The van der Waals surface area contributed by atoms with Crippen LogP contribution in [0.5, 0.6) is 5.75 Å². The van der Waals surface area contributed by atoms with Crippen LogP contribution in [0, 0.1) is 13.8 Å². The molecule has 0 saturated heterocycles. The highest BCUT2D eigenvalue weighted by atomic mass is 32.1. The number of methoxy groups -OCH3 is 1. The normalized spacial score (nSPS) is 8.79. The average Bonchev–Trinajstić information content (AvgIpc) is 2.31. The predicted octanol–water partition coefficient (Wildman–Crippen LogP) is 3.66. The molecule has 1 heterocycles. The second kappa shape index (κ2) is 7.83. The van der Waals surface area contributed by atoms with E-state index in [0.29, 0.717) is 13.2 Å². The lowest BCUT2D eigenvalue weighted by Gasteiger charge is -2.03. The zero-order valence-corrected chi connectivity index (χ0v) is 8.53. The van der Waals surface area contributed by atoms with E-state index >= 15 is 0 Å². The smallest absolute Gasteiger partial charge is 0.133 e. The molecule has 0 bridgehead atoms. The summed E-state index contributed by atoms with van der Waals surface area (Å²) in [7, 11) is 1.68. The van der Waals surface area contributed by atoms with Crippen LogP contribution in [-0.4, -0.2) is 20.3 Å². The number of ether oxygens (including phenoxy) is 2. The molecule has 0 radical (unpaired) electrons. The third-order valence-electron chi connectivity index (χ3n) is 1.54. The molecule has 0 unspecified atom stereocenters. The van der Waals surface area contributed by atoms with Crippen LogP contribution < -0.4 is 4.74 Å². The molecule has 0 aliphatic rings. The van der Waals surface area contributed by atoms with Gasteiger partial charge in [-0.3, -0.25) is 0 Å². The number of hydrogen-bond donors (Lipinski definition) is 0. The van der Waals surface area contributed by atoms with Gasteiger partial charge in [0.1, 0.15) is 12.4 Å². The lowest BCUT2D eigenvalue weighted by molar-refractivity contribution is 0.146. The molecular weight excluding hydrogens is 196 g/mol. The van der Waals surface area contributed by atoms with Crippen LogP contribution in [-0.2, 0) is 4.74 Å². The van der Waals surface area contributed by atoms with Gasteiger partial charge in [0, 0.05) is 16.9 Å². The van der Waals surface area contributed by atoms with Crippen LogP contribution in [0.1, 0.15) is 24.6 Å². The first-order valence-corrected chi connectivity index (χ1v) is 4.74. The van der Waals surface area contributed by atoms with Crippen LogP contribution in [0.3, 0.4) is 0 Å². The van der Waals surface area contributed by atoms with Crippen LogP contribution in [0.15, 0.2) is 6.07 Å². The van der Waals surface area contributed by atoms with Crippen molar-refractivity contribution in [3.63, 3.8) is 0 Å². The fourth-order valence-corrected chi connectivity index (χ4v) is 1.85. The van der Waals surface area contributed by atoms with E-state index in [0.717, 1.165) is 5.75 Å². The Morgan fingerprint density at radius 1 is 1.21 bits per heavy atom. The molecule has 2 nitrogen and oxygen atoms in total. The second-order valence-corrected chi connectivity index (χ2v) is 4.08. The molecule has 0 aliphatic heterocycles. The van der Waals surface area contributed by atoms with E-state index in [1.54, 1.807) is 18.4 Å². The second-order valence-electron chi connectivity index (χ2n) is 2.62. The highest BCUT2D eigenvalue weighted by molar-refractivity contribution is 7.12. The predicted molar refractivity (Wildman–Crippen MR) is 64.6 cm³/mol. The number of hydrogen-bond acceptors (Lipinski definition) is 3. The van der Waals surface area contributed by atoms with Crippen LogP contribution in [0.25, 0.3) is 0 Å². The molecule has 0 atom stereocenters. The molecule has 1 rings (SSSR count). The van der Waals surface area contributed by atoms with Gasteiger partial charge >= 0.3 is 0 Å². The zero-order chi connectivity index (χ0) is 8.97. The van der Waals surface area contributed by atoms with Crippen LogP contribution in [0.2, 0.25) is 0 Å². The average molecular weight is 218 g/mol. The van der Waals surface area contributed by atoms with Crippen molar-refractivity contribution in [1.29, 1.82) is 0 Å². The standard InChI is InChI=1S/C9H14O2S.2CH4/c1-7-6-9(8(2)12-7)11-5-4-10-3;;/h6H,4-5H2,1-3H3;2*1H4. The number of rotatable bonds is 4. The Morgan fingerprint density at radius 3 is 2.29 bits per heavy atom. The van der Waals surface area contributed by atoms with E-state index in [-0.39, 0.29) is 14.9 Å². The lowest BCUT2D eigenvalue weighted by atomic mass is 10.4. The summed E-state index contributed by atoms with van der Waals surface area (Å²) < 4.78 is 10.4. The fraction of sp³-hybridized carbons (Fsp3) is 0.636. The first-order chi connectivity index (χ1) is 5.74. The number of aryl methyl sites for hydroxylation is 2. The Labute approximate surface area is 91.9 Å². The number of thiophene rings is 1. The summed E-state index contributed by atoms with van der Waals surface area (Å²) in [4.78, 5) is 2.53. The molecule has 0 N–H and O–H groups in total. The largest absolute Gasteiger partial charge is 0.490 e. The van der Waals surface area contributed by atoms with Gasteiger partial charge in [0.05, 0.1) is 6.61 Å². The molecule has 0 aliphatic carbocycles. The zero-order valence-electron chi connectivity index (χ0n) is 7.72. The molecule has 0 spiro atoms. The SMILES string of the molecule is C.C.COCCOc1cc(C)sc1C. The monoisotopic (exact) mass is 218 g/mol. The molecule has 0 amide bonds. The maximum atomic E-state index is 5.48. The van der Waals surface area contributed by atoms with Gasteiger partial charge in [-0.1, -0.05) is 14.9 Å². The molecule has 14 heavy (non-hydrogen) atoms. The van der Waals surface area contributed by atoms with Crippen LogP contribution in [0.4, 0.5) is 0 Å². The van der Waals surface area contributed by atoms with Crippen molar-refractivity contribution in [3.8, 4) is 5.75 Å². The van der Waals surface area contributed by atoms with Gasteiger partial charge in [-0.25, -0.2) is 0 Å². The van der Waals surface area contributed by atoms with Crippen molar-refractivity contribution in [3.05, 3.63) is 15.8 Å². The third-order valence-corrected chi connectivity index (χ3v) is 2.49. The van der Waals surface area contributed by atoms with E-state index in [2.05, 4.69) is 19.9 Å². The maximum Gasteiger partial charge on any atom is 0.133 e. The molecular formula is C11H22O2S. The van der Waals surface area contributed by atoms with Gasteiger partial charge in [-0.2, -0.15) is 0 Å². The summed E-state index contributed by atoms with van der Waals surface area (Å²) in [5, 5.41) is 0. The maximum absolute atomic E-state index is 5.48. The Kier molecular flexibility index (Phi) is 8.89. The van der Waals surface area contributed by atoms with Gasteiger partial charge in [-0.15, -0.1) is 11.3 Å². The highest BCUT2D eigenvalue weighted by Gasteiger charge is 2.02. The quantitative estimate of drug-likeness (QED) is 0.718. The van der Waals surface area contributed by atoms with Crippen molar-refractivity contribution >= 4 is 11.3 Å². The van der Waals surface area contributed by atoms with Crippen molar-refractivity contribution in [2.75, 3.05) is 20.3 Å². The van der Waals surface area contributed by atoms with Crippen molar-refractivity contribution in [2.24, 2.45) is 0 Å². The Hall–Kier alpha value is -0.540. The molecule has 1 aromatic rings. The summed E-state index contributed by atoms with van der Waals surface area (Å²) in [5.74, 6) is 0.995. The molecule has 0 aromatic carbocycles. The topological polar surface area (TPSA) is 18.5 Å². The first-order valence-electron chi connectivity index (χ1n) is 3.93. The Balaban J connectivity index is 0. The van der Waals surface area contributed by atoms with Crippen molar-refractivity contribution in [2.45, 2.75) is 28.7 Å². The van der Waals surface area contributed by atoms with E-state index in [1.807, 2.05) is 0 Å². The fourth-order valence-electron chi connectivity index (χ4n) is 0.986.